The Morgan fingerprint density at radius 3 is 2.32 bits per heavy atom. The Kier molecular flexibility index (Phi) is 5.21. The predicted octanol–water partition coefficient (Wildman–Crippen LogP) is 6.13. The van der Waals surface area contributed by atoms with Crippen LogP contribution >= 0.6 is 0 Å². The lowest BCUT2D eigenvalue weighted by molar-refractivity contribution is -0.120. The number of amides is 2. The zero-order chi connectivity index (χ0) is 24.0. The highest BCUT2D eigenvalue weighted by Gasteiger charge is 2.42. The fraction of sp³-hybridized carbons (Fsp3) is 0.0714. The van der Waals surface area contributed by atoms with Crippen LogP contribution in [0.25, 0.3) is 16.3 Å². The number of fused-ring (bicyclic) bond motifs is 1. The van der Waals surface area contributed by atoms with Gasteiger partial charge in [-0.25, -0.2) is 13.7 Å². The smallest absolute Gasteiger partial charge is 0.282 e. The summed E-state index contributed by atoms with van der Waals surface area (Å²) in [6.07, 6.45) is 0. The van der Waals surface area contributed by atoms with Crippen molar-refractivity contribution < 1.29 is 18.4 Å². The summed E-state index contributed by atoms with van der Waals surface area (Å²) in [5, 5.41) is 4.98. The molecule has 0 radical (unpaired) electrons. The Bertz CT molecular complexity index is 1520. The van der Waals surface area contributed by atoms with Gasteiger partial charge in [-0.05, 0) is 48.6 Å². The standard InChI is InChI=1S/C28H20F2N2O2/c1-16-10-12-20(17(2)14-16)25-26(31-23-9-5-7-18-6-3-4-8-21(18)23)28(34)32(27(25)33)24-13-11-19(29)15-22(24)30/h3-15,31H,1-2H3. The monoisotopic (exact) mass is 454 g/mol. The zero-order valence-electron chi connectivity index (χ0n) is 18.5. The van der Waals surface area contributed by atoms with Gasteiger partial charge in [0.2, 0.25) is 0 Å². The van der Waals surface area contributed by atoms with Gasteiger partial charge in [-0.3, -0.25) is 9.59 Å². The molecule has 0 fully saturated rings. The van der Waals surface area contributed by atoms with Crippen LogP contribution in [0.1, 0.15) is 16.7 Å². The highest BCUT2D eigenvalue weighted by molar-refractivity contribution is 6.46. The van der Waals surface area contributed by atoms with Crippen LogP contribution in [0.15, 0.2) is 84.6 Å². The second kappa shape index (κ2) is 8.23. The van der Waals surface area contributed by atoms with E-state index in [1.807, 2.05) is 68.4 Å². The van der Waals surface area contributed by atoms with E-state index in [9.17, 15) is 18.4 Å². The van der Waals surface area contributed by atoms with Crippen LogP contribution in [0.2, 0.25) is 0 Å². The number of carbonyl (C=O) groups is 2. The molecular weight excluding hydrogens is 434 g/mol. The van der Waals surface area contributed by atoms with Crippen molar-refractivity contribution in [1.29, 1.82) is 0 Å². The molecular formula is C28H20F2N2O2. The first-order chi connectivity index (χ1) is 16.3. The van der Waals surface area contributed by atoms with Gasteiger partial charge in [0.05, 0.1) is 11.3 Å². The molecule has 1 aliphatic heterocycles. The van der Waals surface area contributed by atoms with E-state index in [1.54, 1.807) is 6.07 Å². The molecule has 0 saturated heterocycles. The van der Waals surface area contributed by atoms with Gasteiger partial charge in [0, 0.05) is 17.1 Å². The minimum absolute atomic E-state index is 0.0389. The number of imide groups is 1. The molecule has 4 aromatic carbocycles. The van der Waals surface area contributed by atoms with Crippen LogP contribution in [0, 0.1) is 25.5 Å². The van der Waals surface area contributed by atoms with E-state index in [4.69, 9.17) is 0 Å². The van der Waals surface area contributed by atoms with Gasteiger partial charge in [-0.15, -0.1) is 0 Å². The van der Waals surface area contributed by atoms with Crippen molar-refractivity contribution in [2.24, 2.45) is 0 Å². The number of halogens is 2. The molecule has 1 heterocycles. The van der Waals surface area contributed by atoms with E-state index < -0.39 is 23.4 Å². The maximum atomic E-state index is 14.6. The van der Waals surface area contributed by atoms with Gasteiger partial charge >= 0.3 is 0 Å². The number of carbonyl (C=O) groups excluding carboxylic acids is 2. The number of hydrogen-bond acceptors (Lipinski definition) is 3. The summed E-state index contributed by atoms with van der Waals surface area (Å²) in [4.78, 5) is 27.9. The van der Waals surface area contributed by atoms with Crippen LogP contribution in [-0.4, -0.2) is 11.8 Å². The van der Waals surface area contributed by atoms with Crippen molar-refractivity contribution in [2.45, 2.75) is 13.8 Å². The van der Waals surface area contributed by atoms with Crippen LogP contribution in [-0.2, 0) is 9.59 Å². The van der Waals surface area contributed by atoms with Gasteiger partial charge in [-0.2, -0.15) is 0 Å². The van der Waals surface area contributed by atoms with E-state index in [0.29, 0.717) is 17.3 Å². The Hall–Kier alpha value is -4.32. The second-order valence-electron chi connectivity index (χ2n) is 8.26. The Labute approximate surface area is 195 Å². The molecule has 0 aromatic heterocycles. The van der Waals surface area contributed by atoms with Crippen LogP contribution in [0.4, 0.5) is 20.2 Å². The van der Waals surface area contributed by atoms with Crippen LogP contribution in [0.5, 0.6) is 0 Å². The third kappa shape index (κ3) is 3.53. The highest BCUT2D eigenvalue weighted by atomic mass is 19.1. The molecule has 34 heavy (non-hydrogen) atoms. The first-order valence-electron chi connectivity index (χ1n) is 10.8. The second-order valence-corrected chi connectivity index (χ2v) is 8.26. The molecule has 5 rings (SSSR count). The molecule has 0 saturated carbocycles. The van der Waals surface area contributed by atoms with E-state index in [1.165, 1.54) is 0 Å². The summed E-state index contributed by atoms with van der Waals surface area (Å²) >= 11 is 0. The topological polar surface area (TPSA) is 49.4 Å². The normalized spacial score (nSPS) is 13.8. The lowest BCUT2D eigenvalue weighted by Gasteiger charge is -2.16. The summed E-state index contributed by atoms with van der Waals surface area (Å²) in [5.41, 5.74) is 2.89. The molecule has 0 spiro atoms. The van der Waals surface area contributed by atoms with Gasteiger partial charge in [-0.1, -0.05) is 60.2 Å². The number of hydrogen-bond donors (Lipinski definition) is 1. The number of aryl methyl sites for hydroxylation is 2. The molecule has 168 valence electrons. The average molecular weight is 454 g/mol. The number of nitrogens with one attached hydrogen (secondary N) is 1. The number of benzene rings is 4. The quantitative estimate of drug-likeness (QED) is 0.377. The SMILES string of the molecule is Cc1ccc(C2=C(Nc3cccc4ccccc34)C(=O)N(c3ccc(F)cc3F)C2=O)c(C)c1. The van der Waals surface area contributed by atoms with E-state index in [2.05, 4.69) is 5.32 Å². The summed E-state index contributed by atoms with van der Waals surface area (Å²) in [6.45, 7) is 3.78. The number of anilines is 2. The highest BCUT2D eigenvalue weighted by Crippen LogP contribution is 2.37. The fourth-order valence-corrected chi connectivity index (χ4v) is 4.34. The summed E-state index contributed by atoms with van der Waals surface area (Å²) < 4.78 is 28.2. The molecule has 0 aliphatic carbocycles. The maximum absolute atomic E-state index is 14.6. The van der Waals surface area contributed by atoms with Crippen molar-refractivity contribution in [3.05, 3.63) is 113 Å². The van der Waals surface area contributed by atoms with E-state index in [-0.39, 0.29) is 17.0 Å². The van der Waals surface area contributed by atoms with Crippen LogP contribution < -0.4 is 10.2 Å². The molecule has 6 heteroatoms. The van der Waals surface area contributed by atoms with Gasteiger partial charge in [0.15, 0.2) is 0 Å². The Morgan fingerprint density at radius 2 is 1.56 bits per heavy atom. The molecule has 4 aromatic rings. The minimum Gasteiger partial charge on any atom is -0.350 e. The lowest BCUT2D eigenvalue weighted by Crippen LogP contribution is -2.33. The van der Waals surface area contributed by atoms with Crippen molar-refractivity contribution >= 4 is 39.5 Å². The molecule has 2 amide bonds. The van der Waals surface area contributed by atoms with Crippen molar-refractivity contribution in [3.8, 4) is 0 Å². The third-order valence-electron chi connectivity index (χ3n) is 5.94. The average Bonchev–Trinajstić information content (AvgIpc) is 3.04. The summed E-state index contributed by atoms with van der Waals surface area (Å²) in [5.74, 6) is -3.17. The Morgan fingerprint density at radius 1 is 0.794 bits per heavy atom. The molecule has 4 nitrogen and oxygen atoms in total. The van der Waals surface area contributed by atoms with Crippen molar-refractivity contribution in [3.63, 3.8) is 0 Å². The third-order valence-corrected chi connectivity index (χ3v) is 5.94. The summed E-state index contributed by atoms with van der Waals surface area (Å²) in [6, 6.07) is 21.6. The Balaban J connectivity index is 1.70. The van der Waals surface area contributed by atoms with Crippen molar-refractivity contribution in [2.75, 3.05) is 10.2 Å². The van der Waals surface area contributed by atoms with Crippen LogP contribution in [0.3, 0.4) is 0 Å². The van der Waals surface area contributed by atoms with E-state index >= 15 is 0 Å². The first-order valence-corrected chi connectivity index (χ1v) is 10.8. The number of rotatable bonds is 4. The molecule has 0 bridgehead atoms. The largest absolute Gasteiger partial charge is 0.350 e. The van der Waals surface area contributed by atoms with Gasteiger partial charge in [0.1, 0.15) is 17.3 Å². The fourth-order valence-electron chi connectivity index (χ4n) is 4.34. The van der Waals surface area contributed by atoms with Gasteiger partial charge in [0.25, 0.3) is 11.8 Å². The molecule has 0 atom stereocenters. The zero-order valence-corrected chi connectivity index (χ0v) is 18.5. The minimum atomic E-state index is -0.993. The number of nitrogens with zero attached hydrogens (tertiary/aromatic N) is 1. The van der Waals surface area contributed by atoms with Gasteiger partial charge < -0.3 is 5.32 Å². The lowest BCUT2D eigenvalue weighted by atomic mass is 9.97. The molecule has 1 aliphatic rings. The maximum Gasteiger partial charge on any atom is 0.282 e. The van der Waals surface area contributed by atoms with E-state index in [0.717, 1.165) is 38.9 Å². The first kappa shape index (κ1) is 21.5. The predicted molar refractivity (Wildman–Crippen MR) is 129 cm³/mol. The molecule has 0 unspecified atom stereocenters. The van der Waals surface area contributed by atoms with Crippen molar-refractivity contribution in [1.82, 2.24) is 0 Å². The summed E-state index contributed by atoms with van der Waals surface area (Å²) in [7, 11) is 0. The molecule has 1 N–H and O–H groups in total.